The second-order valence-corrected chi connectivity index (χ2v) is 3.24. The Labute approximate surface area is 75.7 Å². The topological polar surface area (TPSA) is 30.7 Å². The highest BCUT2D eigenvalue weighted by Gasteiger charge is 2.06. The normalized spacial score (nSPS) is 11.5. The van der Waals surface area contributed by atoms with Gasteiger partial charge in [0, 0.05) is 19.2 Å². The van der Waals surface area contributed by atoms with Crippen LogP contribution in [0.2, 0.25) is 0 Å². The zero-order valence-electron chi connectivity index (χ0n) is 7.74. The first-order valence-corrected chi connectivity index (χ1v) is 4.27. The zero-order chi connectivity index (χ0) is 9.84. The SMILES string of the molecule is CC(C)c1cn(CCC(F)F)nn1. The number of hydrogen-bond acceptors (Lipinski definition) is 2. The molecule has 0 N–H and O–H groups in total. The first-order chi connectivity index (χ1) is 6.09. The molecule has 0 amide bonds. The number of nitrogens with zero attached hydrogens (tertiary/aromatic N) is 3. The number of aryl methyl sites for hydroxylation is 1. The molecule has 0 spiro atoms. The van der Waals surface area contributed by atoms with E-state index in [9.17, 15) is 8.78 Å². The predicted octanol–water partition coefficient (Wildman–Crippen LogP) is 2.06. The third-order valence-electron chi connectivity index (χ3n) is 1.72. The van der Waals surface area contributed by atoms with E-state index in [1.807, 2.05) is 13.8 Å². The van der Waals surface area contributed by atoms with Crippen molar-refractivity contribution in [3.63, 3.8) is 0 Å². The van der Waals surface area contributed by atoms with Crippen LogP contribution < -0.4 is 0 Å². The minimum atomic E-state index is -2.27. The van der Waals surface area contributed by atoms with Crippen LogP contribution in [-0.2, 0) is 6.54 Å². The molecule has 0 aromatic carbocycles. The molecule has 0 aliphatic rings. The van der Waals surface area contributed by atoms with Crippen LogP contribution in [0.5, 0.6) is 0 Å². The molecule has 0 fully saturated rings. The molecule has 0 radical (unpaired) electrons. The lowest BCUT2D eigenvalue weighted by atomic mass is 10.2. The lowest BCUT2D eigenvalue weighted by molar-refractivity contribution is 0.129. The number of rotatable bonds is 4. The van der Waals surface area contributed by atoms with Gasteiger partial charge < -0.3 is 0 Å². The lowest BCUT2D eigenvalue weighted by Crippen LogP contribution is -2.03. The molecule has 0 saturated heterocycles. The van der Waals surface area contributed by atoms with Gasteiger partial charge in [0.15, 0.2) is 0 Å². The van der Waals surface area contributed by atoms with E-state index >= 15 is 0 Å². The molecule has 1 aromatic heterocycles. The van der Waals surface area contributed by atoms with Crippen LogP contribution in [0.4, 0.5) is 8.78 Å². The van der Waals surface area contributed by atoms with Gasteiger partial charge in [0.05, 0.1) is 5.69 Å². The summed E-state index contributed by atoms with van der Waals surface area (Å²) in [5.41, 5.74) is 0.842. The molecule has 1 heterocycles. The third-order valence-corrected chi connectivity index (χ3v) is 1.72. The van der Waals surface area contributed by atoms with E-state index in [4.69, 9.17) is 0 Å². The maximum atomic E-state index is 11.8. The molecular weight excluding hydrogens is 176 g/mol. The Bertz CT molecular complexity index is 258. The van der Waals surface area contributed by atoms with E-state index in [0.29, 0.717) is 5.92 Å². The van der Waals surface area contributed by atoms with Gasteiger partial charge in [0.25, 0.3) is 0 Å². The molecule has 0 atom stereocenters. The first-order valence-electron chi connectivity index (χ1n) is 4.27. The average molecular weight is 189 g/mol. The molecule has 3 nitrogen and oxygen atoms in total. The van der Waals surface area contributed by atoms with Gasteiger partial charge in [-0.3, -0.25) is 4.68 Å². The van der Waals surface area contributed by atoms with Crippen molar-refractivity contribution >= 4 is 0 Å². The summed E-state index contributed by atoms with van der Waals surface area (Å²) in [5.74, 6) is 0.292. The highest BCUT2D eigenvalue weighted by Crippen LogP contribution is 2.09. The van der Waals surface area contributed by atoms with Crippen LogP contribution in [-0.4, -0.2) is 21.4 Å². The van der Waals surface area contributed by atoms with Crippen LogP contribution >= 0.6 is 0 Å². The summed E-state index contributed by atoms with van der Waals surface area (Å²) in [5, 5.41) is 7.60. The summed E-state index contributed by atoms with van der Waals surface area (Å²) in [6.45, 7) is 4.21. The summed E-state index contributed by atoms with van der Waals surface area (Å²) in [4.78, 5) is 0. The standard InChI is InChI=1S/C8H13F2N3/c1-6(2)7-5-13(12-11-7)4-3-8(9)10/h5-6,8H,3-4H2,1-2H3. The van der Waals surface area contributed by atoms with E-state index in [1.54, 1.807) is 6.20 Å². The van der Waals surface area contributed by atoms with E-state index in [2.05, 4.69) is 10.3 Å². The fraction of sp³-hybridized carbons (Fsp3) is 0.750. The lowest BCUT2D eigenvalue weighted by Gasteiger charge is -1.98. The monoisotopic (exact) mass is 189 g/mol. The highest BCUT2D eigenvalue weighted by atomic mass is 19.3. The number of alkyl halides is 2. The minimum absolute atomic E-state index is 0.166. The van der Waals surface area contributed by atoms with E-state index < -0.39 is 6.43 Å². The van der Waals surface area contributed by atoms with Crippen LogP contribution in [0.1, 0.15) is 31.9 Å². The Morgan fingerprint density at radius 1 is 1.46 bits per heavy atom. The Morgan fingerprint density at radius 2 is 2.15 bits per heavy atom. The highest BCUT2D eigenvalue weighted by molar-refractivity contribution is 4.97. The number of hydrogen-bond donors (Lipinski definition) is 0. The first kappa shape index (κ1) is 10.1. The van der Waals surface area contributed by atoms with E-state index in [0.717, 1.165) is 5.69 Å². The maximum absolute atomic E-state index is 11.8. The van der Waals surface area contributed by atoms with Crippen LogP contribution in [0.3, 0.4) is 0 Å². The molecule has 0 unspecified atom stereocenters. The molecule has 0 bridgehead atoms. The molecule has 1 rings (SSSR count). The van der Waals surface area contributed by atoms with Gasteiger partial charge in [-0.2, -0.15) is 0 Å². The van der Waals surface area contributed by atoms with Crippen molar-refractivity contribution in [1.29, 1.82) is 0 Å². The van der Waals surface area contributed by atoms with Crippen molar-refractivity contribution in [3.8, 4) is 0 Å². The molecule has 0 aliphatic heterocycles. The van der Waals surface area contributed by atoms with Crippen LogP contribution in [0, 0.1) is 0 Å². The summed E-state index contributed by atoms with van der Waals surface area (Å²) < 4.78 is 25.1. The summed E-state index contributed by atoms with van der Waals surface area (Å²) in [6.07, 6.45) is -0.722. The fourth-order valence-electron chi connectivity index (χ4n) is 0.917. The van der Waals surface area contributed by atoms with Crippen molar-refractivity contribution in [2.45, 2.75) is 39.2 Å². The van der Waals surface area contributed by atoms with E-state index in [-0.39, 0.29) is 13.0 Å². The molecule has 74 valence electrons. The molecular formula is C8H13F2N3. The Morgan fingerprint density at radius 3 is 2.62 bits per heavy atom. The van der Waals surface area contributed by atoms with E-state index in [1.165, 1.54) is 4.68 Å². The quantitative estimate of drug-likeness (QED) is 0.725. The van der Waals surface area contributed by atoms with Gasteiger partial charge >= 0.3 is 0 Å². The number of halogens is 2. The summed E-state index contributed by atoms with van der Waals surface area (Å²) >= 11 is 0. The van der Waals surface area contributed by atoms with Crippen molar-refractivity contribution in [3.05, 3.63) is 11.9 Å². The third kappa shape index (κ3) is 3.08. The predicted molar refractivity (Wildman–Crippen MR) is 44.7 cm³/mol. The van der Waals surface area contributed by atoms with Gasteiger partial charge in [-0.1, -0.05) is 19.1 Å². The molecule has 13 heavy (non-hydrogen) atoms. The average Bonchev–Trinajstić information content (AvgIpc) is 2.48. The molecule has 0 aliphatic carbocycles. The van der Waals surface area contributed by atoms with Crippen molar-refractivity contribution in [1.82, 2.24) is 15.0 Å². The number of aromatic nitrogens is 3. The summed E-state index contributed by atoms with van der Waals surface area (Å²) in [6, 6.07) is 0. The van der Waals surface area contributed by atoms with Crippen molar-refractivity contribution in [2.75, 3.05) is 0 Å². The molecule has 5 heteroatoms. The smallest absolute Gasteiger partial charge is 0.240 e. The van der Waals surface area contributed by atoms with Gasteiger partial charge in [-0.25, -0.2) is 8.78 Å². The van der Waals surface area contributed by atoms with Crippen LogP contribution in [0.25, 0.3) is 0 Å². The fourth-order valence-corrected chi connectivity index (χ4v) is 0.917. The largest absolute Gasteiger partial charge is 0.252 e. The van der Waals surface area contributed by atoms with Crippen molar-refractivity contribution in [2.24, 2.45) is 0 Å². The van der Waals surface area contributed by atoms with Crippen LogP contribution in [0.15, 0.2) is 6.20 Å². The Balaban J connectivity index is 2.49. The maximum Gasteiger partial charge on any atom is 0.240 e. The van der Waals surface area contributed by atoms with Gasteiger partial charge in [-0.15, -0.1) is 5.10 Å². The van der Waals surface area contributed by atoms with Gasteiger partial charge in [0.2, 0.25) is 6.43 Å². The molecule has 1 aromatic rings. The van der Waals surface area contributed by atoms with Gasteiger partial charge in [0.1, 0.15) is 0 Å². The summed E-state index contributed by atoms with van der Waals surface area (Å²) in [7, 11) is 0. The second-order valence-electron chi connectivity index (χ2n) is 3.24. The van der Waals surface area contributed by atoms with Crippen molar-refractivity contribution < 1.29 is 8.78 Å². The second kappa shape index (κ2) is 4.30. The Kier molecular flexibility index (Phi) is 3.33. The molecule has 0 saturated carbocycles. The zero-order valence-corrected chi connectivity index (χ0v) is 7.74. The van der Waals surface area contributed by atoms with Gasteiger partial charge in [-0.05, 0) is 5.92 Å². The Hall–Kier alpha value is -1.00. The minimum Gasteiger partial charge on any atom is -0.252 e.